The predicted octanol–water partition coefficient (Wildman–Crippen LogP) is 0.00450. The molecule has 1 aromatic heterocycles. The molecule has 2 rings (SSSR count). The Labute approximate surface area is 114 Å². The van der Waals surface area contributed by atoms with Crippen LogP contribution in [0, 0.1) is 0 Å². The molecule has 2 heterocycles. The second kappa shape index (κ2) is 5.50. The van der Waals surface area contributed by atoms with Gasteiger partial charge in [0.2, 0.25) is 0 Å². The average molecular weight is 287 g/mol. The number of aliphatic hydroxyl groups is 1. The molecule has 1 saturated heterocycles. The molecule has 0 bridgehead atoms. The number of nitrogens with zero attached hydrogens (tertiary/aromatic N) is 2. The third-order valence-corrected chi connectivity index (χ3v) is 2.22. The number of rotatable bonds is 3. The van der Waals surface area contributed by atoms with Crippen LogP contribution in [-0.4, -0.2) is 39.8 Å². The summed E-state index contributed by atoms with van der Waals surface area (Å²) >= 11 is 0. The first-order valence-corrected chi connectivity index (χ1v) is 4.60. The monoisotopic (exact) mass is 287 g/mol. The molecule has 81 valence electrons. The maximum Gasteiger partial charge on any atom is 0.184 e. The molecule has 1 N–H and O–H groups in total. The summed E-state index contributed by atoms with van der Waals surface area (Å²) in [6, 6.07) is 0. The fourth-order valence-corrected chi connectivity index (χ4v) is 1.57. The molecular weight excluding hydrogens is 273 g/mol. The van der Waals surface area contributed by atoms with Gasteiger partial charge < -0.3 is 19.1 Å². The standard InChI is InChI=1S/C9H14N2O3.Y/c1-9(6-11-3-2-10-7-11)13-5-8(4-12)14-9;/h2-3,7-8,12H,4-6H2,1H3;. The number of ether oxygens (including phenoxy) is 2. The zero-order valence-corrected chi connectivity index (χ0v) is 11.5. The Morgan fingerprint density at radius 3 is 3.00 bits per heavy atom. The van der Waals surface area contributed by atoms with Gasteiger partial charge in [0.05, 0.1) is 26.1 Å². The van der Waals surface area contributed by atoms with Crippen LogP contribution in [-0.2, 0) is 48.7 Å². The van der Waals surface area contributed by atoms with Gasteiger partial charge in [-0.1, -0.05) is 0 Å². The first-order valence-electron chi connectivity index (χ1n) is 4.60. The van der Waals surface area contributed by atoms with Crippen LogP contribution in [0.1, 0.15) is 6.92 Å². The van der Waals surface area contributed by atoms with Crippen LogP contribution < -0.4 is 0 Å². The van der Waals surface area contributed by atoms with Gasteiger partial charge >= 0.3 is 0 Å². The van der Waals surface area contributed by atoms with E-state index in [9.17, 15) is 0 Å². The van der Waals surface area contributed by atoms with Crippen LogP contribution in [0.15, 0.2) is 18.7 Å². The Kier molecular flexibility index (Phi) is 4.86. The van der Waals surface area contributed by atoms with Crippen molar-refractivity contribution in [3.63, 3.8) is 0 Å². The average Bonchev–Trinajstić information content (AvgIpc) is 2.76. The van der Waals surface area contributed by atoms with Gasteiger partial charge in [0.25, 0.3) is 0 Å². The van der Waals surface area contributed by atoms with E-state index in [0.717, 1.165) is 0 Å². The number of hydrogen-bond acceptors (Lipinski definition) is 4. The molecule has 1 aliphatic rings. The number of aliphatic hydroxyl groups excluding tert-OH is 1. The van der Waals surface area contributed by atoms with Crippen molar-refractivity contribution in [1.29, 1.82) is 0 Å². The van der Waals surface area contributed by atoms with Crippen LogP contribution >= 0.6 is 0 Å². The maximum atomic E-state index is 8.90. The smallest absolute Gasteiger partial charge is 0.184 e. The summed E-state index contributed by atoms with van der Waals surface area (Å²) in [5, 5.41) is 8.90. The van der Waals surface area contributed by atoms with Gasteiger partial charge in [-0.05, 0) is 6.92 Å². The van der Waals surface area contributed by atoms with E-state index in [1.165, 1.54) is 0 Å². The fourth-order valence-electron chi connectivity index (χ4n) is 1.57. The normalized spacial score (nSPS) is 30.1. The van der Waals surface area contributed by atoms with Crippen molar-refractivity contribution in [2.75, 3.05) is 13.2 Å². The van der Waals surface area contributed by atoms with Gasteiger partial charge in [-0.2, -0.15) is 0 Å². The van der Waals surface area contributed by atoms with Gasteiger partial charge in [0.15, 0.2) is 5.79 Å². The van der Waals surface area contributed by atoms with Crippen LogP contribution in [0.4, 0.5) is 0 Å². The van der Waals surface area contributed by atoms with E-state index in [4.69, 9.17) is 14.6 Å². The van der Waals surface area contributed by atoms with E-state index in [1.807, 2.05) is 17.7 Å². The maximum absolute atomic E-state index is 8.90. The molecule has 0 saturated carbocycles. The summed E-state index contributed by atoms with van der Waals surface area (Å²) in [6.45, 7) is 2.90. The van der Waals surface area contributed by atoms with Crippen molar-refractivity contribution in [3.05, 3.63) is 18.7 Å². The molecule has 0 aromatic carbocycles. The third-order valence-electron chi connectivity index (χ3n) is 2.22. The summed E-state index contributed by atoms with van der Waals surface area (Å²) in [5.74, 6) is -0.645. The quantitative estimate of drug-likeness (QED) is 0.850. The van der Waals surface area contributed by atoms with E-state index in [-0.39, 0.29) is 45.4 Å². The molecule has 1 fully saturated rings. The number of aromatic nitrogens is 2. The van der Waals surface area contributed by atoms with Crippen LogP contribution in [0.25, 0.3) is 0 Å². The van der Waals surface area contributed by atoms with E-state index in [0.29, 0.717) is 13.2 Å². The fraction of sp³-hybridized carbons (Fsp3) is 0.667. The summed E-state index contributed by atoms with van der Waals surface area (Å²) in [4.78, 5) is 3.94. The van der Waals surface area contributed by atoms with Gasteiger partial charge in [-0.25, -0.2) is 4.98 Å². The number of hydrogen-bond donors (Lipinski definition) is 1. The molecule has 0 spiro atoms. The minimum Gasteiger partial charge on any atom is -0.394 e. The van der Waals surface area contributed by atoms with Crippen molar-refractivity contribution in [3.8, 4) is 0 Å². The van der Waals surface area contributed by atoms with Crippen molar-refractivity contribution in [1.82, 2.24) is 9.55 Å². The van der Waals surface area contributed by atoms with Gasteiger partial charge in [0.1, 0.15) is 6.10 Å². The van der Waals surface area contributed by atoms with Crippen LogP contribution in [0.5, 0.6) is 0 Å². The Bertz CT molecular complexity index is 294. The van der Waals surface area contributed by atoms with Gasteiger partial charge in [0, 0.05) is 45.1 Å². The van der Waals surface area contributed by atoms with Crippen molar-refractivity contribution in [2.24, 2.45) is 0 Å². The molecule has 2 unspecified atom stereocenters. The summed E-state index contributed by atoms with van der Waals surface area (Å²) < 4.78 is 12.9. The van der Waals surface area contributed by atoms with E-state index in [1.54, 1.807) is 12.5 Å². The Hall–Kier alpha value is 0.194. The van der Waals surface area contributed by atoms with Crippen molar-refractivity contribution >= 4 is 0 Å². The van der Waals surface area contributed by atoms with E-state index >= 15 is 0 Å². The summed E-state index contributed by atoms with van der Waals surface area (Å²) in [7, 11) is 0. The second-order valence-electron chi connectivity index (χ2n) is 3.60. The molecule has 1 aliphatic heterocycles. The third kappa shape index (κ3) is 3.33. The van der Waals surface area contributed by atoms with Crippen molar-refractivity contribution < 1.29 is 47.3 Å². The Balaban J connectivity index is 0.00000112. The van der Waals surface area contributed by atoms with E-state index < -0.39 is 5.79 Å². The van der Waals surface area contributed by atoms with Crippen LogP contribution in [0.3, 0.4) is 0 Å². The molecule has 2 atom stereocenters. The molecule has 1 aromatic rings. The van der Waals surface area contributed by atoms with Gasteiger partial charge in [-0.3, -0.25) is 0 Å². The SMILES string of the molecule is CC1(Cn2ccnc2)OCC(CO)O1.[Y]. The zero-order valence-electron chi connectivity index (χ0n) is 8.67. The molecule has 5 nitrogen and oxygen atoms in total. The first-order chi connectivity index (χ1) is 6.72. The van der Waals surface area contributed by atoms with Gasteiger partial charge in [-0.15, -0.1) is 0 Å². The largest absolute Gasteiger partial charge is 0.394 e. The molecule has 1 radical (unpaired) electrons. The second-order valence-corrected chi connectivity index (χ2v) is 3.60. The molecule has 0 aliphatic carbocycles. The van der Waals surface area contributed by atoms with Crippen LogP contribution in [0.2, 0.25) is 0 Å². The minimum atomic E-state index is -0.645. The first kappa shape index (κ1) is 13.3. The molecule has 0 amide bonds. The zero-order chi connectivity index (χ0) is 10.0. The molecule has 15 heavy (non-hydrogen) atoms. The van der Waals surface area contributed by atoms with E-state index in [2.05, 4.69) is 4.98 Å². The number of imidazole rings is 1. The Morgan fingerprint density at radius 1 is 1.67 bits per heavy atom. The predicted molar refractivity (Wildman–Crippen MR) is 48.5 cm³/mol. The molecular formula is C9H14N2O3Y. The minimum absolute atomic E-state index is 0. The summed E-state index contributed by atoms with van der Waals surface area (Å²) in [5.41, 5.74) is 0. The molecule has 6 heteroatoms. The topological polar surface area (TPSA) is 56.5 Å². The Morgan fingerprint density at radius 2 is 2.47 bits per heavy atom. The summed E-state index contributed by atoms with van der Waals surface area (Å²) in [6.07, 6.45) is 5.07. The van der Waals surface area contributed by atoms with Crippen molar-refractivity contribution in [2.45, 2.75) is 25.4 Å².